The normalized spacial score (nSPS) is 11.1. The van der Waals surface area contributed by atoms with Crippen molar-refractivity contribution in [3.8, 4) is 0 Å². The fourth-order valence-electron chi connectivity index (χ4n) is 1.03. The lowest BCUT2D eigenvalue weighted by atomic mass is 10.1. The van der Waals surface area contributed by atoms with E-state index in [-0.39, 0.29) is 0 Å². The van der Waals surface area contributed by atoms with Crippen LogP contribution in [-0.4, -0.2) is 12.0 Å². The van der Waals surface area contributed by atoms with Crippen molar-refractivity contribution >= 4 is 11.8 Å². The van der Waals surface area contributed by atoms with Crippen molar-refractivity contribution in [3.05, 3.63) is 12.2 Å². The fraction of sp³-hybridized carbons (Fsp3) is 0.800. The van der Waals surface area contributed by atoms with Gasteiger partial charge in [0.25, 0.3) is 0 Å². The Morgan fingerprint density at radius 2 is 1.82 bits per heavy atom. The quantitative estimate of drug-likeness (QED) is 0.415. The fourth-order valence-corrected chi connectivity index (χ4v) is 1.52. The van der Waals surface area contributed by atoms with Gasteiger partial charge in [-0.25, -0.2) is 0 Å². The van der Waals surface area contributed by atoms with Crippen LogP contribution >= 0.6 is 11.8 Å². The Balaban J connectivity index is 2.79. The van der Waals surface area contributed by atoms with Crippen molar-refractivity contribution in [1.82, 2.24) is 0 Å². The summed E-state index contributed by atoms with van der Waals surface area (Å²) in [4.78, 5) is 0. The molecular formula is C10H20S. The monoisotopic (exact) mass is 172 g/mol. The van der Waals surface area contributed by atoms with E-state index < -0.39 is 0 Å². The summed E-state index contributed by atoms with van der Waals surface area (Å²) in [5, 5.41) is 0. The van der Waals surface area contributed by atoms with Gasteiger partial charge in [-0.05, 0) is 38.2 Å². The third-order valence-electron chi connectivity index (χ3n) is 1.70. The molecule has 0 aliphatic rings. The van der Waals surface area contributed by atoms with E-state index in [1.54, 1.807) is 0 Å². The highest BCUT2D eigenvalue weighted by atomic mass is 32.2. The first kappa shape index (κ1) is 11.1. The summed E-state index contributed by atoms with van der Waals surface area (Å²) in [7, 11) is 0. The van der Waals surface area contributed by atoms with Gasteiger partial charge in [0.2, 0.25) is 0 Å². The molecule has 0 aromatic carbocycles. The lowest BCUT2D eigenvalue weighted by molar-refractivity contribution is 0.678. The molecule has 0 amide bonds. The molecule has 0 fully saturated rings. The molecule has 0 aromatic rings. The van der Waals surface area contributed by atoms with Crippen molar-refractivity contribution in [1.29, 1.82) is 0 Å². The summed E-state index contributed by atoms with van der Waals surface area (Å²) in [6.07, 6.45) is 13.4. The number of rotatable bonds is 7. The number of allylic oxidation sites excluding steroid dienone is 2. The Bertz CT molecular complexity index is 86.9. The second-order valence-electron chi connectivity index (χ2n) is 2.76. The van der Waals surface area contributed by atoms with E-state index in [1.165, 1.54) is 37.9 Å². The zero-order valence-electron chi connectivity index (χ0n) is 7.81. The van der Waals surface area contributed by atoms with Gasteiger partial charge in [-0.1, -0.05) is 25.0 Å². The molecule has 66 valence electrons. The highest BCUT2D eigenvalue weighted by molar-refractivity contribution is 7.98. The maximum absolute atomic E-state index is 2.26. The highest BCUT2D eigenvalue weighted by Gasteiger charge is 1.87. The predicted octanol–water partition coefficient (Wildman–Crippen LogP) is 3.88. The van der Waals surface area contributed by atoms with Crippen LogP contribution in [0.15, 0.2) is 12.2 Å². The van der Waals surface area contributed by atoms with Crippen molar-refractivity contribution in [3.63, 3.8) is 0 Å². The standard InChI is InChI=1S/C10H20S/c1-3-4-5-6-7-8-9-10-11-2/h3-4H,5-10H2,1-2H3. The lowest BCUT2D eigenvalue weighted by Crippen LogP contribution is -1.79. The molecule has 0 spiro atoms. The van der Waals surface area contributed by atoms with E-state index in [0.717, 1.165) is 0 Å². The first-order valence-corrected chi connectivity index (χ1v) is 5.91. The number of unbranched alkanes of at least 4 members (excludes halogenated alkanes) is 4. The number of hydrogen-bond acceptors (Lipinski definition) is 1. The minimum atomic E-state index is 1.27. The van der Waals surface area contributed by atoms with Crippen LogP contribution < -0.4 is 0 Å². The van der Waals surface area contributed by atoms with Gasteiger partial charge >= 0.3 is 0 Å². The van der Waals surface area contributed by atoms with Crippen LogP contribution in [0.2, 0.25) is 0 Å². The van der Waals surface area contributed by atoms with Gasteiger partial charge in [0.1, 0.15) is 0 Å². The second kappa shape index (κ2) is 10.1. The van der Waals surface area contributed by atoms with E-state index in [4.69, 9.17) is 0 Å². The van der Waals surface area contributed by atoms with Crippen molar-refractivity contribution in [2.75, 3.05) is 12.0 Å². The summed E-state index contributed by atoms with van der Waals surface area (Å²) in [6, 6.07) is 0. The first-order valence-electron chi connectivity index (χ1n) is 4.52. The molecule has 0 saturated heterocycles. The Labute approximate surface area is 75.5 Å². The molecule has 0 rings (SSSR count). The molecule has 0 aliphatic heterocycles. The molecule has 0 atom stereocenters. The van der Waals surface area contributed by atoms with E-state index in [2.05, 4.69) is 25.3 Å². The predicted molar refractivity (Wildman–Crippen MR) is 56.3 cm³/mol. The molecule has 0 unspecified atom stereocenters. The zero-order chi connectivity index (χ0) is 8.36. The van der Waals surface area contributed by atoms with Crippen molar-refractivity contribution < 1.29 is 0 Å². The Morgan fingerprint density at radius 3 is 2.45 bits per heavy atom. The van der Waals surface area contributed by atoms with Crippen LogP contribution in [0.1, 0.15) is 39.0 Å². The molecule has 0 aliphatic carbocycles. The second-order valence-corrected chi connectivity index (χ2v) is 3.75. The van der Waals surface area contributed by atoms with Crippen LogP contribution in [-0.2, 0) is 0 Å². The largest absolute Gasteiger partial charge is 0.165 e. The minimum absolute atomic E-state index is 1.27. The molecule has 0 saturated carbocycles. The van der Waals surface area contributed by atoms with Crippen LogP contribution in [0.25, 0.3) is 0 Å². The zero-order valence-corrected chi connectivity index (χ0v) is 8.62. The molecule has 1 heteroatoms. The van der Waals surface area contributed by atoms with Gasteiger partial charge in [-0.15, -0.1) is 0 Å². The molecular weight excluding hydrogens is 152 g/mol. The van der Waals surface area contributed by atoms with E-state index in [9.17, 15) is 0 Å². The van der Waals surface area contributed by atoms with E-state index in [0.29, 0.717) is 0 Å². The Morgan fingerprint density at radius 1 is 1.09 bits per heavy atom. The van der Waals surface area contributed by atoms with E-state index in [1.807, 2.05) is 11.8 Å². The summed E-state index contributed by atoms with van der Waals surface area (Å²) < 4.78 is 0. The van der Waals surface area contributed by atoms with Gasteiger partial charge in [-0.3, -0.25) is 0 Å². The summed E-state index contributed by atoms with van der Waals surface area (Å²) in [5.41, 5.74) is 0. The molecule has 0 N–H and O–H groups in total. The number of thioether (sulfide) groups is 1. The van der Waals surface area contributed by atoms with Crippen LogP contribution in [0, 0.1) is 0 Å². The molecule has 0 heterocycles. The molecule has 0 nitrogen and oxygen atoms in total. The average molecular weight is 172 g/mol. The molecule has 0 radical (unpaired) electrons. The first-order chi connectivity index (χ1) is 5.41. The topological polar surface area (TPSA) is 0 Å². The van der Waals surface area contributed by atoms with Crippen molar-refractivity contribution in [2.45, 2.75) is 39.0 Å². The van der Waals surface area contributed by atoms with Gasteiger partial charge in [-0.2, -0.15) is 11.8 Å². The lowest BCUT2D eigenvalue weighted by Gasteiger charge is -1.96. The molecule has 11 heavy (non-hydrogen) atoms. The maximum atomic E-state index is 2.26. The summed E-state index contributed by atoms with van der Waals surface area (Å²) in [6.45, 7) is 2.09. The smallest absolute Gasteiger partial charge is 0.00703 e. The summed E-state index contributed by atoms with van der Waals surface area (Å²) >= 11 is 1.96. The molecule has 0 aromatic heterocycles. The SMILES string of the molecule is CC=CCCCCCCSC. The number of hydrogen-bond donors (Lipinski definition) is 0. The third kappa shape index (κ3) is 10.1. The Kier molecular flexibility index (Phi) is 10.2. The molecule has 0 bridgehead atoms. The highest BCUT2D eigenvalue weighted by Crippen LogP contribution is 2.06. The van der Waals surface area contributed by atoms with Crippen molar-refractivity contribution in [2.24, 2.45) is 0 Å². The van der Waals surface area contributed by atoms with Gasteiger partial charge in [0.05, 0.1) is 0 Å². The minimum Gasteiger partial charge on any atom is -0.165 e. The third-order valence-corrected chi connectivity index (χ3v) is 2.40. The van der Waals surface area contributed by atoms with Crippen LogP contribution in [0.3, 0.4) is 0 Å². The van der Waals surface area contributed by atoms with Gasteiger partial charge in [0.15, 0.2) is 0 Å². The van der Waals surface area contributed by atoms with E-state index >= 15 is 0 Å². The Hall–Kier alpha value is 0.0900. The maximum Gasteiger partial charge on any atom is -0.00703 e. The van der Waals surface area contributed by atoms with Gasteiger partial charge < -0.3 is 0 Å². The van der Waals surface area contributed by atoms with Gasteiger partial charge in [0, 0.05) is 0 Å². The summed E-state index contributed by atoms with van der Waals surface area (Å²) in [5.74, 6) is 1.34. The average Bonchev–Trinajstić information content (AvgIpc) is 2.03. The van der Waals surface area contributed by atoms with Crippen LogP contribution in [0.4, 0.5) is 0 Å². The van der Waals surface area contributed by atoms with Crippen LogP contribution in [0.5, 0.6) is 0 Å².